The van der Waals surface area contributed by atoms with Crippen molar-refractivity contribution in [2.75, 3.05) is 31.5 Å². The molecule has 0 radical (unpaired) electrons. The van der Waals surface area contributed by atoms with Crippen molar-refractivity contribution in [1.82, 2.24) is 15.2 Å². The van der Waals surface area contributed by atoms with Gasteiger partial charge in [-0.15, -0.1) is 0 Å². The molecule has 1 rings (SSSR count). The largest absolute Gasteiger partial charge is 0.370 e. The molecule has 1 aromatic heterocycles. The number of carbonyl (C=O) groups excluding carboxylic acids is 1. The zero-order valence-corrected chi connectivity index (χ0v) is 13.6. The Hall–Kier alpha value is -1.62. The minimum atomic E-state index is -0.0448. The Balaban J connectivity index is 2.58. The van der Waals surface area contributed by atoms with Crippen LogP contribution in [0.4, 0.5) is 5.82 Å². The van der Waals surface area contributed by atoms with E-state index in [1.54, 1.807) is 18.3 Å². The Morgan fingerprint density at radius 3 is 2.67 bits per heavy atom. The fourth-order valence-corrected chi connectivity index (χ4v) is 2.14. The van der Waals surface area contributed by atoms with E-state index in [0.29, 0.717) is 5.56 Å². The molecule has 5 heteroatoms. The number of hydrogen-bond acceptors (Lipinski definition) is 4. The predicted molar refractivity (Wildman–Crippen MR) is 87.7 cm³/mol. The van der Waals surface area contributed by atoms with E-state index in [1.165, 1.54) is 0 Å². The van der Waals surface area contributed by atoms with Gasteiger partial charge in [-0.2, -0.15) is 0 Å². The Kier molecular flexibility index (Phi) is 7.75. The number of aromatic nitrogens is 1. The number of rotatable bonds is 9. The first-order valence-electron chi connectivity index (χ1n) is 7.83. The number of anilines is 1. The lowest BCUT2D eigenvalue weighted by molar-refractivity contribution is 0.0930. The predicted octanol–water partition coefficient (Wildman–Crippen LogP) is 2.36. The van der Waals surface area contributed by atoms with Crippen molar-refractivity contribution >= 4 is 11.7 Å². The van der Waals surface area contributed by atoms with Gasteiger partial charge in [0, 0.05) is 30.9 Å². The van der Waals surface area contributed by atoms with Crippen LogP contribution in [0, 0.1) is 0 Å². The van der Waals surface area contributed by atoms with Crippen LogP contribution >= 0.6 is 0 Å². The highest BCUT2D eigenvalue weighted by Crippen LogP contribution is 2.07. The van der Waals surface area contributed by atoms with Gasteiger partial charge in [0.1, 0.15) is 5.82 Å². The van der Waals surface area contributed by atoms with Gasteiger partial charge < -0.3 is 15.5 Å². The third-order valence-electron chi connectivity index (χ3n) is 3.38. The first-order chi connectivity index (χ1) is 10.1. The minimum absolute atomic E-state index is 0.0448. The highest BCUT2D eigenvalue weighted by atomic mass is 16.1. The maximum atomic E-state index is 12.3. The Morgan fingerprint density at radius 2 is 2.05 bits per heavy atom. The van der Waals surface area contributed by atoms with Gasteiger partial charge in [-0.3, -0.25) is 4.79 Å². The normalized spacial score (nSPS) is 12.2. The molecule has 0 saturated carbocycles. The molecule has 0 fully saturated rings. The van der Waals surface area contributed by atoms with Gasteiger partial charge >= 0.3 is 0 Å². The van der Waals surface area contributed by atoms with Crippen molar-refractivity contribution in [1.29, 1.82) is 0 Å². The second kappa shape index (κ2) is 9.34. The monoisotopic (exact) mass is 292 g/mol. The summed E-state index contributed by atoms with van der Waals surface area (Å²) in [6, 6.07) is 3.67. The molecule has 118 valence electrons. The van der Waals surface area contributed by atoms with Gasteiger partial charge in [-0.25, -0.2) is 4.98 Å². The molecule has 0 saturated heterocycles. The van der Waals surface area contributed by atoms with Crippen LogP contribution in [0.5, 0.6) is 0 Å². The molecule has 5 nitrogen and oxygen atoms in total. The summed E-state index contributed by atoms with van der Waals surface area (Å²) in [6.45, 7) is 12.1. The third-order valence-corrected chi connectivity index (χ3v) is 3.38. The molecule has 1 heterocycles. The smallest absolute Gasteiger partial charge is 0.251 e. The second-order valence-electron chi connectivity index (χ2n) is 5.22. The molecule has 1 atom stereocenters. The van der Waals surface area contributed by atoms with Crippen molar-refractivity contribution in [3.05, 3.63) is 23.9 Å². The summed E-state index contributed by atoms with van der Waals surface area (Å²) in [5.41, 5.74) is 0.648. The standard InChI is InChI=1S/C16H28N4O/c1-5-9-17-15-11-14(8-10-18-15)16(21)19-13(4)12-20(6-2)7-3/h8,10-11,13H,5-7,9,12H2,1-4H3,(H,17,18)(H,19,21). The Labute approximate surface area is 128 Å². The summed E-state index contributed by atoms with van der Waals surface area (Å²) in [6.07, 6.45) is 2.70. The number of nitrogens with one attached hydrogen (secondary N) is 2. The lowest BCUT2D eigenvalue weighted by Gasteiger charge is -2.23. The first-order valence-corrected chi connectivity index (χ1v) is 7.83. The number of carbonyl (C=O) groups is 1. The number of nitrogens with zero attached hydrogens (tertiary/aromatic N) is 2. The Morgan fingerprint density at radius 1 is 1.33 bits per heavy atom. The lowest BCUT2D eigenvalue weighted by atomic mass is 10.2. The summed E-state index contributed by atoms with van der Waals surface area (Å²) in [4.78, 5) is 18.8. The lowest BCUT2D eigenvalue weighted by Crippen LogP contribution is -2.41. The summed E-state index contributed by atoms with van der Waals surface area (Å²) < 4.78 is 0. The van der Waals surface area contributed by atoms with Crippen LogP contribution in [-0.2, 0) is 0 Å². The number of amides is 1. The van der Waals surface area contributed by atoms with Gasteiger partial charge in [0.15, 0.2) is 0 Å². The van der Waals surface area contributed by atoms with E-state index in [9.17, 15) is 4.79 Å². The van der Waals surface area contributed by atoms with Crippen molar-refractivity contribution < 1.29 is 4.79 Å². The van der Waals surface area contributed by atoms with Crippen LogP contribution in [0.3, 0.4) is 0 Å². The highest BCUT2D eigenvalue weighted by Gasteiger charge is 2.12. The summed E-state index contributed by atoms with van der Waals surface area (Å²) >= 11 is 0. The summed E-state index contributed by atoms with van der Waals surface area (Å²) in [5.74, 6) is 0.706. The van der Waals surface area contributed by atoms with E-state index in [-0.39, 0.29) is 11.9 Å². The zero-order chi connectivity index (χ0) is 15.7. The molecular weight excluding hydrogens is 264 g/mol. The van der Waals surface area contributed by atoms with E-state index in [2.05, 4.69) is 41.3 Å². The zero-order valence-electron chi connectivity index (χ0n) is 13.6. The maximum Gasteiger partial charge on any atom is 0.251 e. The van der Waals surface area contributed by atoms with Crippen LogP contribution in [-0.4, -0.2) is 48.0 Å². The molecule has 0 aliphatic heterocycles. The molecular formula is C16H28N4O. The number of pyridine rings is 1. The molecule has 0 aliphatic carbocycles. The van der Waals surface area contributed by atoms with E-state index in [1.807, 2.05) is 6.92 Å². The average molecular weight is 292 g/mol. The summed E-state index contributed by atoms with van der Waals surface area (Å²) in [5, 5.41) is 6.24. The Bertz CT molecular complexity index is 432. The maximum absolute atomic E-state index is 12.3. The van der Waals surface area contributed by atoms with E-state index in [4.69, 9.17) is 0 Å². The van der Waals surface area contributed by atoms with Gasteiger partial charge in [0.05, 0.1) is 0 Å². The highest BCUT2D eigenvalue weighted by molar-refractivity contribution is 5.94. The van der Waals surface area contributed by atoms with Crippen LogP contribution in [0.25, 0.3) is 0 Å². The molecule has 1 unspecified atom stereocenters. The first kappa shape index (κ1) is 17.4. The van der Waals surface area contributed by atoms with Crippen LogP contribution < -0.4 is 10.6 Å². The average Bonchev–Trinajstić information content (AvgIpc) is 2.50. The molecule has 21 heavy (non-hydrogen) atoms. The van der Waals surface area contributed by atoms with Crippen molar-refractivity contribution in [3.63, 3.8) is 0 Å². The van der Waals surface area contributed by atoms with Crippen molar-refractivity contribution in [2.24, 2.45) is 0 Å². The third kappa shape index (κ3) is 6.12. The van der Waals surface area contributed by atoms with Crippen LogP contribution in [0.1, 0.15) is 44.5 Å². The minimum Gasteiger partial charge on any atom is -0.370 e. The fourth-order valence-electron chi connectivity index (χ4n) is 2.14. The van der Waals surface area contributed by atoms with Gasteiger partial charge in [-0.05, 0) is 38.6 Å². The van der Waals surface area contributed by atoms with E-state index in [0.717, 1.165) is 38.4 Å². The van der Waals surface area contributed by atoms with E-state index < -0.39 is 0 Å². The molecule has 0 bridgehead atoms. The van der Waals surface area contributed by atoms with E-state index >= 15 is 0 Å². The van der Waals surface area contributed by atoms with Gasteiger partial charge in [-0.1, -0.05) is 20.8 Å². The molecule has 2 N–H and O–H groups in total. The summed E-state index contributed by atoms with van der Waals surface area (Å²) in [7, 11) is 0. The molecule has 0 aromatic carbocycles. The number of likely N-dealkylation sites (N-methyl/N-ethyl adjacent to an activating group) is 1. The fraction of sp³-hybridized carbons (Fsp3) is 0.625. The quantitative estimate of drug-likeness (QED) is 0.733. The number of hydrogen-bond donors (Lipinski definition) is 2. The molecule has 0 spiro atoms. The molecule has 1 aromatic rings. The van der Waals surface area contributed by atoms with Gasteiger partial charge in [0.25, 0.3) is 5.91 Å². The van der Waals surface area contributed by atoms with Gasteiger partial charge in [0.2, 0.25) is 0 Å². The van der Waals surface area contributed by atoms with Crippen LogP contribution in [0.2, 0.25) is 0 Å². The SMILES string of the molecule is CCCNc1cc(C(=O)NC(C)CN(CC)CC)ccn1. The second-order valence-corrected chi connectivity index (χ2v) is 5.22. The molecule has 0 aliphatic rings. The van der Waals surface area contributed by atoms with Crippen LogP contribution in [0.15, 0.2) is 18.3 Å². The topological polar surface area (TPSA) is 57.3 Å². The van der Waals surface area contributed by atoms with Crippen molar-refractivity contribution in [2.45, 2.75) is 40.2 Å². The van der Waals surface area contributed by atoms with Crippen molar-refractivity contribution in [3.8, 4) is 0 Å². The molecule has 1 amide bonds.